The number of nitrogens with one attached hydrogen (secondary N) is 1. The molecular weight excluding hydrogens is 456 g/mol. The maximum Gasteiger partial charge on any atom is 0.306 e. The quantitative estimate of drug-likeness (QED) is 0.635. The van der Waals surface area contributed by atoms with Crippen LogP contribution < -0.4 is 4.90 Å². The molecule has 4 heterocycles. The van der Waals surface area contributed by atoms with E-state index in [-0.39, 0.29) is 30.4 Å². The zero-order valence-corrected chi connectivity index (χ0v) is 19.4. The van der Waals surface area contributed by atoms with Crippen LogP contribution >= 0.6 is 0 Å². The summed E-state index contributed by atoms with van der Waals surface area (Å²) in [5, 5.41) is 0.887. The maximum absolute atomic E-state index is 13.4. The Morgan fingerprint density at radius 1 is 1.31 bits per heavy atom. The number of carbonyl (C=O) groups excluding carboxylic acids is 1. The lowest BCUT2D eigenvalue weighted by atomic mass is 10.1. The number of sulfone groups is 1. The summed E-state index contributed by atoms with van der Waals surface area (Å²) in [5.74, 6) is -0.105. The lowest BCUT2D eigenvalue weighted by Gasteiger charge is -2.42. The number of rotatable bonds is 5. The Kier molecular flexibility index (Phi) is 4.98. The highest BCUT2D eigenvalue weighted by Crippen LogP contribution is 2.47. The minimum absolute atomic E-state index is 0.0538. The summed E-state index contributed by atoms with van der Waals surface area (Å²) in [6.07, 6.45) is 5.05. The number of hydrogen-bond acceptors (Lipinski definition) is 8. The number of nitrogens with zero attached hydrogens (tertiary/aromatic N) is 5. The molecule has 3 fully saturated rings. The summed E-state index contributed by atoms with van der Waals surface area (Å²) in [5.41, 5.74) is 0.171. The maximum atomic E-state index is 13.4. The first-order valence-corrected chi connectivity index (χ1v) is 13.9. The molecule has 174 valence electrons. The molecule has 13 heteroatoms. The molecule has 3 aliphatic rings. The second-order valence-electron chi connectivity index (χ2n) is 9.00. The number of hydrogen-bond donors (Lipinski definition) is 1. The normalized spacial score (nSPS) is 24.8. The second-order valence-corrected chi connectivity index (χ2v) is 13.1. The van der Waals surface area contributed by atoms with Gasteiger partial charge in [-0.15, -0.1) is 0 Å². The Morgan fingerprint density at radius 2 is 2.09 bits per heavy atom. The van der Waals surface area contributed by atoms with Gasteiger partial charge in [-0.25, -0.2) is 22.7 Å². The summed E-state index contributed by atoms with van der Waals surface area (Å²) < 4.78 is 52.3. The van der Waals surface area contributed by atoms with E-state index in [0.29, 0.717) is 32.4 Å². The third-order valence-electron chi connectivity index (χ3n) is 6.81. The van der Waals surface area contributed by atoms with Gasteiger partial charge in [0, 0.05) is 39.3 Å². The second kappa shape index (κ2) is 7.39. The Morgan fingerprint density at radius 3 is 2.78 bits per heavy atom. The van der Waals surface area contributed by atoms with E-state index in [2.05, 4.69) is 19.9 Å². The Hall–Kier alpha value is -2.25. The minimum atomic E-state index is -4.01. The summed E-state index contributed by atoms with van der Waals surface area (Å²) >= 11 is 0. The Balaban J connectivity index is 1.32. The van der Waals surface area contributed by atoms with Crippen molar-refractivity contribution in [1.29, 1.82) is 0 Å². The van der Waals surface area contributed by atoms with Gasteiger partial charge in [0.25, 0.3) is 0 Å². The van der Waals surface area contributed by atoms with Crippen molar-refractivity contribution in [1.82, 2.24) is 23.6 Å². The highest BCUT2D eigenvalue weighted by atomic mass is 32.2. The molecule has 2 saturated heterocycles. The number of amides is 1. The van der Waals surface area contributed by atoms with Gasteiger partial charge in [-0.3, -0.25) is 4.79 Å². The fourth-order valence-electron chi connectivity index (χ4n) is 4.85. The number of anilines is 1. The third-order valence-corrected chi connectivity index (χ3v) is 10.7. The number of fused-ring (bicyclic) bond motifs is 1. The van der Waals surface area contributed by atoms with E-state index in [1.165, 1.54) is 17.7 Å². The molecule has 2 aromatic heterocycles. The van der Waals surface area contributed by atoms with Crippen LogP contribution in [0.4, 0.5) is 5.82 Å². The minimum Gasteiger partial charge on any atom is -0.353 e. The van der Waals surface area contributed by atoms with Crippen LogP contribution in [0.2, 0.25) is 0 Å². The Labute approximate surface area is 186 Å². The molecule has 11 nitrogen and oxygen atoms in total. The van der Waals surface area contributed by atoms with Crippen LogP contribution in [0.25, 0.3) is 11.0 Å². The van der Waals surface area contributed by atoms with Gasteiger partial charge < -0.3 is 9.88 Å². The van der Waals surface area contributed by atoms with Gasteiger partial charge >= 0.3 is 10.2 Å². The van der Waals surface area contributed by atoms with Crippen molar-refractivity contribution in [3.8, 4) is 0 Å². The van der Waals surface area contributed by atoms with E-state index in [0.717, 1.165) is 21.2 Å². The van der Waals surface area contributed by atoms with Crippen molar-refractivity contribution in [2.24, 2.45) is 5.92 Å². The fourth-order valence-corrected chi connectivity index (χ4v) is 8.38. The average Bonchev–Trinajstić information content (AvgIpc) is 3.17. The van der Waals surface area contributed by atoms with E-state index in [1.54, 1.807) is 6.20 Å². The predicted octanol–water partition coefficient (Wildman–Crippen LogP) is 0.141. The molecule has 1 N–H and O–H groups in total. The number of aromatic amines is 1. The van der Waals surface area contributed by atoms with Crippen LogP contribution in [0.1, 0.15) is 25.7 Å². The standard InChI is InChI=1S/C19H26N6O5S2/c1-23(16(26)10-14-3-9-31(27,28)11-14)32(29,30)25-8-7-24(12-19(25)4-5-19)18-15-2-6-20-17(15)21-13-22-18/h2,6,13-14H,3-5,7-12H2,1H3,(H,20,21,22). The molecule has 2 aromatic rings. The summed E-state index contributed by atoms with van der Waals surface area (Å²) in [6.45, 7) is 1.18. The van der Waals surface area contributed by atoms with E-state index in [4.69, 9.17) is 0 Å². The van der Waals surface area contributed by atoms with Gasteiger partial charge in [-0.2, -0.15) is 12.7 Å². The van der Waals surface area contributed by atoms with Crippen molar-refractivity contribution in [3.63, 3.8) is 0 Å². The molecule has 1 spiro atoms. The largest absolute Gasteiger partial charge is 0.353 e. The topological polar surface area (TPSA) is 137 Å². The van der Waals surface area contributed by atoms with Crippen LogP contribution in [-0.2, 0) is 24.8 Å². The van der Waals surface area contributed by atoms with Crippen molar-refractivity contribution in [2.45, 2.75) is 31.2 Å². The summed E-state index contributed by atoms with van der Waals surface area (Å²) in [6, 6.07) is 1.91. The fraction of sp³-hybridized carbons (Fsp3) is 0.632. The van der Waals surface area contributed by atoms with Gasteiger partial charge in [0.2, 0.25) is 5.91 Å². The molecule has 0 bridgehead atoms. The molecule has 1 saturated carbocycles. The van der Waals surface area contributed by atoms with Crippen molar-refractivity contribution in [2.75, 3.05) is 43.1 Å². The molecule has 2 aliphatic heterocycles. The van der Waals surface area contributed by atoms with Gasteiger partial charge in [0.05, 0.1) is 22.4 Å². The summed E-state index contributed by atoms with van der Waals surface area (Å²) in [4.78, 5) is 26.5. The van der Waals surface area contributed by atoms with E-state index < -0.39 is 31.5 Å². The van der Waals surface area contributed by atoms with Crippen LogP contribution in [0.5, 0.6) is 0 Å². The molecular formula is C19H26N6O5S2. The number of H-pyrrole nitrogens is 1. The molecule has 32 heavy (non-hydrogen) atoms. The van der Waals surface area contributed by atoms with Crippen molar-refractivity contribution in [3.05, 3.63) is 18.6 Å². The number of carbonyl (C=O) groups is 1. The number of aromatic nitrogens is 3. The molecule has 0 radical (unpaired) electrons. The molecule has 1 unspecified atom stereocenters. The average molecular weight is 483 g/mol. The zero-order valence-electron chi connectivity index (χ0n) is 17.8. The van der Waals surface area contributed by atoms with E-state index in [9.17, 15) is 21.6 Å². The zero-order chi connectivity index (χ0) is 22.7. The van der Waals surface area contributed by atoms with Gasteiger partial charge in [-0.1, -0.05) is 0 Å². The number of piperazine rings is 1. The lowest BCUT2D eigenvalue weighted by molar-refractivity contribution is -0.126. The third kappa shape index (κ3) is 3.65. The molecule has 1 amide bonds. The van der Waals surface area contributed by atoms with Crippen LogP contribution in [0.15, 0.2) is 18.6 Å². The van der Waals surface area contributed by atoms with Gasteiger partial charge in [0.15, 0.2) is 9.84 Å². The van der Waals surface area contributed by atoms with Crippen LogP contribution in [-0.4, -0.2) is 90.0 Å². The van der Waals surface area contributed by atoms with Gasteiger partial charge in [0.1, 0.15) is 17.8 Å². The lowest BCUT2D eigenvalue weighted by Crippen LogP contribution is -2.60. The molecule has 5 rings (SSSR count). The highest BCUT2D eigenvalue weighted by molar-refractivity contribution is 7.91. The summed E-state index contributed by atoms with van der Waals surface area (Å²) in [7, 11) is -5.86. The van der Waals surface area contributed by atoms with E-state index in [1.807, 2.05) is 6.07 Å². The smallest absolute Gasteiger partial charge is 0.306 e. The first-order valence-electron chi connectivity index (χ1n) is 10.6. The Bertz CT molecular complexity index is 1270. The van der Waals surface area contributed by atoms with Crippen LogP contribution in [0.3, 0.4) is 0 Å². The monoisotopic (exact) mass is 482 g/mol. The first-order chi connectivity index (χ1) is 15.1. The molecule has 1 aliphatic carbocycles. The first kappa shape index (κ1) is 21.6. The van der Waals surface area contributed by atoms with Crippen LogP contribution in [0, 0.1) is 5.92 Å². The molecule has 0 aromatic carbocycles. The SMILES string of the molecule is CN(C(=O)CC1CCS(=O)(=O)C1)S(=O)(=O)N1CCN(c2ncnc3[nH]ccc23)CC12CC2. The molecule has 1 atom stereocenters. The van der Waals surface area contributed by atoms with E-state index >= 15 is 0 Å². The predicted molar refractivity (Wildman–Crippen MR) is 118 cm³/mol. The van der Waals surface area contributed by atoms with Crippen molar-refractivity contribution < 1.29 is 21.6 Å². The highest BCUT2D eigenvalue weighted by Gasteiger charge is 2.57. The van der Waals surface area contributed by atoms with Gasteiger partial charge in [-0.05, 0) is 31.2 Å². The van der Waals surface area contributed by atoms with Crippen molar-refractivity contribution >= 4 is 42.8 Å².